The molecule has 1 aromatic carbocycles. The molecule has 0 aliphatic rings. The van der Waals surface area contributed by atoms with Crippen LogP contribution in [-0.4, -0.2) is 6.29 Å². The number of para-hydroxylation sites is 1. The van der Waals surface area contributed by atoms with Crippen molar-refractivity contribution in [3.8, 4) is 0 Å². The fraction of sp³-hybridized carbons (Fsp3) is 0. The topological polar surface area (TPSA) is 47.3 Å². The van der Waals surface area contributed by atoms with E-state index in [0.717, 1.165) is 0 Å². The molecule has 2 rings (SSSR count). The van der Waals surface area contributed by atoms with Crippen LogP contribution in [0.5, 0.6) is 0 Å². The Balaban J connectivity index is 3.00. The molecule has 3 nitrogen and oxygen atoms in total. The van der Waals surface area contributed by atoms with E-state index >= 15 is 0 Å². The first-order valence-electron chi connectivity index (χ1n) is 3.90. The van der Waals surface area contributed by atoms with E-state index in [0.29, 0.717) is 17.3 Å². The quantitative estimate of drug-likeness (QED) is 0.676. The SMILES string of the molecule is O=Cc1c(Cl)oc2ccccc2c1=O. The van der Waals surface area contributed by atoms with Crippen LogP contribution in [0.25, 0.3) is 11.0 Å². The predicted molar refractivity (Wildman–Crippen MR) is 52.9 cm³/mol. The molecule has 0 spiro atoms. The Hall–Kier alpha value is -1.61. The number of halogens is 1. The minimum Gasteiger partial charge on any atom is -0.444 e. The molecule has 0 atom stereocenters. The Bertz CT molecular complexity index is 557. The second kappa shape index (κ2) is 3.27. The molecule has 0 fully saturated rings. The van der Waals surface area contributed by atoms with Gasteiger partial charge >= 0.3 is 0 Å². The van der Waals surface area contributed by atoms with Crippen molar-refractivity contribution >= 4 is 28.9 Å². The first-order valence-corrected chi connectivity index (χ1v) is 4.28. The molecule has 0 saturated heterocycles. The normalized spacial score (nSPS) is 10.4. The summed E-state index contributed by atoms with van der Waals surface area (Å²) in [6.07, 6.45) is 0.403. The number of rotatable bonds is 1. The van der Waals surface area contributed by atoms with Gasteiger partial charge in [0.05, 0.1) is 5.39 Å². The summed E-state index contributed by atoms with van der Waals surface area (Å²) in [5.41, 5.74) is -0.148. The fourth-order valence-corrected chi connectivity index (χ4v) is 1.44. The zero-order valence-corrected chi connectivity index (χ0v) is 7.75. The van der Waals surface area contributed by atoms with Crippen LogP contribution in [0.2, 0.25) is 5.22 Å². The average molecular weight is 209 g/mol. The fourth-order valence-electron chi connectivity index (χ4n) is 1.23. The van der Waals surface area contributed by atoms with Gasteiger partial charge in [0, 0.05) is 0 Å². The predicted octanol–water partition coefficient (Wildman–Crippen LogP) is 2.26. The lowest BCUT2D eigenvalue weighted by Crippen LogP contribution is -2.08. The monoisotopic (exact) mass is 208 g/mol. The van der Waals surface area contributed by atoms with Crippen LogP contribution in [0.1, 0.15) is 10.4 Å². The van der Waals surface area contributed by atoms with E-state index in [4.69, 9.17) is 16.0 Å². The van der Waals surface area contributed by atoms with Crippen LogP contribution in [0.3, 0.4) is 0 Å². The highest BCUT2D eigenvalue weighted by molar-refractivity contribution is 6.31. The summed E-state index contributed by atoms with van der Waals surface area (Å²) < 4.78 is 5.10. The number of hydrogen-bond donors (Lipinski definition) is 0. The van der Waals surface area contributed by atoms with Crippen LogP contribution >= 0.6 is 11.6 Å². The van der Waals surface area contributed by atoms with Crippen molar-refractivity contribution in [1.29, 1.82) is 0 Å². The van der Waals surface area contributed by atoms with Gasteiger partial charge in [-0.1, -0.05) is 12.1 Å². The highest BCUT2D eigenvalue weighted by Gasteiger charge is 2.10. The summed E-state index contributed by atoms with van der Waals surface area (Å²) in [5, 5.41) is 0.197. The zero-order valence-electron chi connectivity index (χ0n) is 6.99. The van der Waals surface area contributed by atoms with Gasteiger partial charge in [-0.25, -0.2) is 0 Å². The van der Waals surface area contributed by atoms with Crippen molar-refractivity contribution in [1.82, 2.24) is 0 Å². The lowest BCUT2D eigenvalue weighted by Gasteiger charge is -1.98. The molecule has 14 heavy (non-hydrogen) atoms. The van der Waals surface area contributed by atoms with E-state index in [1.54, 1.807) is 24.3 Å². The third-order valence-corrected chi connectivity index (χ3v) is 2.19. The molecule has 0 bridgehead atoms. The largest absolute Gasteiger partial charge is 0.444 e. The van der Waals surface area contributed by atoms with Crippen LogP contribution < -0.4 is 5.43 Å². The average Bonchev–Trinajstić information content (AvgIpc) is 2.18. The van der Waals surface area contributed by atoms with Crippen LogP contribution in [0.4, 0.5) is 0 Å². The molecule has 2 aromatic rings. The van der Waals surface area contributed by atoms with Gasteiger partial charge in [0.15, 0.2) is 6.29 Å². The van der Waals surface area contributed by atoms with Gasteiger partial charge in [-0.3, -0.25) is 9.59 Å². The number of benzene rings is 1. The van der Waals surface area contributed by atoms with Crippen molar-refractivity contribution in [2.24, 2.45) is 0 Å². The van der Waals surface area contributed by atoms with Gasteiger partial charge in [0.25, 0.3) is 0 Å². The summed E-state index contributed by atoms with van der Waals surface area (Å²) in [5.74, 6) is 0. The summed E-state index contributed by atoms with van der Waals surface area (Å²) >= 11 is 5.61. The molecule has 0 saturated carbocycles. The maximum Gasteiger partial charge on any atom is 0.208 e. The molecule has 0 radical (unpaired) electrons. The molecule has 1 aromatic heterocycles. The molecule has 4 heteroatoms. The molecular formula is C10H5ClO3. The highest BCUT2D eigenvalue weighted by atomic mass is 35.5. The lowest BCUT2D eigenvalue weighted by atomic mass is 10.2. The number of aldehydes is 1. The Morgan fingerprint density at radius 3 is 2.71 bits per heavy atom. The first kappa shape index (κ1) is 8.97. The van der Waals surface area contributed by atoms with Crippen molar-refractivity contribution in [2.45, 2.75) is 0 Å². The van der Waals surface area contributed by atoms with Crippen molar-refractivity contribution < 1.29 is 9.21 Å². The van der Waals surface area contributed by atoms with Crippen LogP contribution in [0, 0.1) is 0 Å². The number of hydrogen-bond acceptors (Lipinski definition) is 3. The molecule has 1 heterocycles. The standard InChI is InChI=1S/C10H5ClO3/c11-10-7(5-12)9(13)6-3-1-2-4-8(6)14-10/h1-5H. The highest BCUT2D eigenvalue weighted by Crippen LogP contribution is 2.18. The molecule has 0 aliphatic heterocycles. The summed E-state index contributed by atoms with van der Waals surface area (Å²) in [4.78, 5) is 22.2. The Morgan fingerprint density at radius 1 is 1.29 bits per heavy atom. The summed E-state index contributed by atoms with van der Waals surface area (Å²) in [6, 6.07) is 6.63. The molecular weight excluding hydrogens is 204 g/mol. The van der Waals surface area contributed by atoms with Gasteiger partial charge in [-0.05, 0) is 23.7 Å². The molecule has 0 unspecified atom stereocenters. The van der Waals surface area contributed by atoms with Crippen LogP contribution in [0.15, 0.2) is 33.5 Å². The van der Waals surface area contributed by atoms with E-state index in [1.807, 2.05) is 0 Å². The first-order chi connectivity index (χ1) is 6.74. The second-order valence-corrected chi connectivity index (χ2v) is 3.08. The van der Waals surface area contributed by atoms with Gasteiger partial charge in [0.2, 0.25) is 10.6 Å². The third-order valence-electron chi connectivity index (χ3n) is 1.91. The minimum atomic E-state index is -0.396. The Kier molecular flexibility index (Phi) is 2.09. The van der Waals surface area contributed by atoms with Gasteiger partial charge < -0.3 is 4.42 Å². The summed E-state index contributed by atoms with van der Waals surface area (Å²) in [7, 11) is 0. The third kappa shape index (κ3) is 1.22. The zero-order chi connectivity index (χ0) is 10.1. The maximum atomic E-state index is 11.6. The van der Waals surface area contributed by atoms with Gasteiger partial charge in [0.1, 0.15) is 11.1 Å². The van der Waals surface area contributed by atoms with Gasteiger partial charge in [-0.2, -0.15) is 0 Å². The minimum absolute atomic E-state index is 0.134. The van der Waals surface area contributed by atoms with E-state index < -0.39 is 5.43 Å². The number of fused-ring (bicyclic) bond motifs is 1. The number of carbonyl (C=O) groups excluding carboxylic acids is 1. The molecule has 70 valence electrons. The maximum absolute atomic E-state index is 11.6. The molecule has 0 amide bonds. The van der Waals surface area contributed by atoms with E-state index in [2.05, 4.69) is 0 Å². The lowest BCUT2D eigenvalue weighted by molar-refractivity contribution is 0.112. The van der Waals surface area contributed by atoms with E-state index in [9.17, 15) is 9.59 Å². The number of carbonyl (C=O) groups is 1. The van der Waals surface area contributed by atoms with Crippen LogP contribution in [-0.2, 0) is 0 Å². The molecule has 0 aliphatic carbocycles. The van der Waals surface area contributed by atoms with E-state index in [-0.39, 0.29) is 10.8 Å². The van der Waals surface area contributed by atoms with Crippen molar-refractivity contribution in [3.05, 3.63) is 45.3 Å². The van der Waals surface area contributed by atoms with Crippen molar-refractivity contribution in [2.75, 3.05) is 0 Å². The summed E-state index contributed by atoms with van der Waals surface area (Å²) in [6.45, 7) is 0. The second-order valence-electron chi connectivity index (χ2n) is 2.73. The van der Waals surface area contributed by atoms with Gasteiger partial charge in [-0.15, -0.1) is 0 Å². The Morgan fingerprint density at radius 2 is 2.00 bits per heavy atom. The molecule has 0 N–H and O–H groups in total. The van der Waals surface area contributed by atoms with E-state index in [1.165, 1.54) is 0 Å². The van der Waals surface area contributed by atoms with Crippen molar-refractivity contribution in [3.63, 3.8) is 0 Å². The smallest absolute Gasteiger partial charge is 0.208 e. The Labute approximate surface area is 83.9 Å².